The summed E-state index contributed by atoms with van der Waals surface area (Å²) in [5.74, 6) is -1.63. The number of carboxylic acid groups (broad SMARTS) is 1. The summed E-state index contributed by atoms with van der Waals surface area (Å²) >= 11 is 0. The standard InChI is InChI=1S/C11H11F3N2O4/c12-11(13,14)6-20-4-3-9(17)16-8-2-1-7(5-15-8)10(18)19/h1-2,5H,3-4,6H2,(H,18,19)(H,15,16,17). The molecule has 0 aliphatic carbocycles. The van der Waals surface area contributed by atoms with Crippen LogP contribution >= 0.6 is 0 Å². The first-order valence-corrected chi connectivity index (χ1v) is 5.41. The molecular weight excluding hydrogens is 281 g/mol. The van der Waals surface area contributed by atoms with Crippen molar-refractivity contribution in [3.63, 3.8) is 0 Å². The topological polar surface area (TPSA) is 88.5 Å². The Morgan fingerprint density at radius 1 is 1.35 bits per heavy atom. The van der Waals surface area contributed by atoms with Crippen LogP contribution in [0.2, 0.25) is 0 Å². The molecule has 1 rings (SSSR count). The molecule has 1 amide bonds. The maximum Gasteiger partial charge on any atom is 0.411 e. The lowest BCUT2D eigenvalue weighted by Crippen LogP contribution is -2.20. The molecule has 0 radical (unpaired) electrons. The smallest absolute Gasteiger partial charge is 0.411 e. The number of nitrogens with one attached hydrogen (secondary N) is 1. The van der Waals surface area contributed by atoms with E-state index in [0.717, 1.165) is 6.20 Å². The van der Waals surface area contributed by atoms with Crippen molar-refractivity contribution < 1.29 is 32.6 Å². The zero-order valence-electron chi connectivity index (χ0n) is 10.1. The highest BCUT2D eigenvalue weighted by atomic mass is 19.4. The summed E-state index contributed by atoms with van der Waals surface area (Å²) in [5.41, 5.74) is -0.0449. The van der Waals surface area contributed by atoms with Gasteiger partial charge >= 0.3 is 12.1 Å². The van der Waals surface area contributed by atoms with Gasteiger partial charge in [-0.3, -0.25) is 4.79 Å². The minimum Gasteiger partial charge on any atom is -0.478 e. The molecule has 0 fully saturated rings. The number of nitrogens with zero attached hydrogens (tertiary/aromatic N) is 1. The van der Waals surface area contributed by atoms with Gasteiger partial charge in [0.25, 0.3) is 0 Å². The highest BCUT2D eigenvalue weighted by Crippen LogP contribution is 2.14. The Balaban J connectivity index is 2.33. The van der Waals surface area contributed by atoms with Crippen molar-refractivity contribution in [2.24, 2.45) is 0 Å². The molecule has 0 atom stereocenters. The number of hydrogen-bond acceptors (Lipinski definition) is 4. The number of rotatable bonds is 6. The number of carbonyl (C=O) groups excluding carboxylic acids is 1. The quantitative estimate of drug-likeness (QED) is 0.779. The van der Waals surface area contributed by atoms with Crippen LogP contribution in [0.3, 0.4) is 0 Å². The summed E-state index contributed by atoms with van der Waals surface area (Å²) in [4.78, 5) is 25.6. The van der Waals surface area contributed by atoms with E-state index in [1.54, 1.807) is 0 Å². The SMILES string of the molecule is O=C(CCOCC(F)(F)F)Nc1ccc(C(=O)O)cn1. The van der Waals surface area contributed by atoms with Gasteiger partial charge in [-0.2, -0.15) is 13.2 Å². The van der Waals surface area contributed by atoms with Crippen molar-refractivity contribution in [3.05, 3.63) is 23.9 Å². The Bertz CT molecular complexity index is 474. The van der Waals surface area contributed by atoms with E-state index in [1.807, 2.05) is 0 Å². The third kappa shape index (κ3) is 6.14. The fourth-order valence-corrected chi connectivity index (χ4v) is 1.15. The van der Waals surface area contributed by atoms with Gasteiger partial charge in [-0.25, -0.2) is 9.78 Å². The number of ether oxygens (including phenoxy) is 1. The maximum absolute atomic E-state index is 11.7. The number of carbonyl (C=O) groups is 2. The number of anilines is 1. The molecule has 6 nitrogen and oxygen atoms in total. The number of amides is 1. The van der Waals surface area contributed by atoms with Gasteiger partial charge in [-0.1, -0.05) is 0 Å². The molecule has 0 unspecified atom stereocenters. The lowest BCUT2D eigenvalue weighted by Gasteiger charge is -2.07. The van der Waals surface area contributed by atoms with E-state index < -0.39 is 24.7 Å². The number of halogens is 3. The van der Waals surface area contributed by atoms with E-state index in [-0.39, 0.29) is 24.4 Å². The molecule has 0 saturated heterocycles. The average molecular weight is 292 g/mol. The normalized spacial score (nSPS) is 11.2. The van der Waals surface area contributed by atoms with Crippen LogP contribution in [-0.4, -0.2) is 41.4 Å². The van der Waals surface area contributed by atoms with Crippen LogP contribution in [0, 0.1) is 0 Å². The van der Waals surface area contributed by atoms with Gasteiger partial charge in [0.1, 0.15) is 12.4 Å². The summed E-state index contributed by atoms with van der Waals surface area (Å²) in [6.45, 7) is -1.79. The Morgan fingerprint density at radius 3 is 2.55 bits per heavy atom. The van der Waals surface area contributed by atoms with Crippen LogP contribution in [0.15, 0.2) is 18.3 Å². The van der Waals surface area contributed by atoms with Crippen LogP contribution in [-0.2, 0) is 9.53 Å². The molecule has 1 aromatic heterocycles. The van der Waals surface area contributed by atoms with Crippen LogP contribution in [0.4, 0.5) is 19.0 Å². The lowest BCUT2D eigenvalue weighted by molar-refractivity contribution is -0.174. The van der Waals surface area contributed by atoms with Crippen molar-refractivity contribution in [2.45, 2.75) is 12.6 Å². The highest BCUT2D eigenvalue weighted by Gasteiger charge is 2.27. The molecule has 0 spiro atoms. The first-order chi connectivity index (χ1) is 9.28. The van der Waals surface area contributed by atoms with Crippen molar-refractivity contribution in [2.75, 3.05) is 18.5 Å². The summed E-state index contributed by atoms with van der Waals surface area (Å²) in [7, 11) is 0. The Hall–Kier alpha value is -2.16. The minimum absolute atomic E-state index is 0.0449. The Morgan fingerprint density at radius 2 is 2.05 bits per heavy atom. The third-order valence-electron chi connectivity index (χ3n) is 2.02. The second-order valence-corrected chi connectivity index (χ2v) is 3.70. The molecular formula is C11H11F3N2O4. The van der Waals surface area contributed by atoms with Gasteiger partial charge in [-0.15, -0.1) is 0 Å². The van der Waals surface area contributed by atoms with Crippen LogP contribution in [0.5, 0.6) is 0 Å². The fraction of sp³-hybridized carbons (Fsp3) is 0.364. The summed E-state index contributed by atoms with van der Waals surface area (Å²) < 4.78 is 39.5. The summed E-state index contributed by atoms with van der Waals surface area (Å²) in [6, 6.07) is 2.52. The van der Waals surface area contributed by atoms with Crippen molar-refractivity contribution in [1.29, 1.82) is 0 Å². The Kier molecular flexibility index (Phi) is 5.44. The predicted molar refractivity (Wildman–Crippen MR) is 61.3 cm³/mol. The van der Waals surface area contributed by atoms with E-state index in [4.69, 9.17) is 5.11 Å². The minimum atomic E-state index is -4.43. The zero-order valence-corrected chi connectivity index (χ0v) is 10.1. The van der Waals surface area contributed by atoms with E-state index in [2.05, 4.69) is 15.0 Å². The van der Waals surface area contributed by atoms with E-state index in [0.29, 0.717) is 0 Å². The lowest BCUT2D eigenvalue weighted by atomic mass is 10.3. The maximum atomic E-state index is 11.7. The molecule has 0 aromatic carbocycles. The fourth-order valence-electron chi connectivity index (χ4n) is 1.15. The Labute approximate surface area is 111 Å². The molecule has 0 bridgehead atoms. The van der Waals surface area contributed by atoms with Gasteiger partial charge in [0, 0.05) is 6.20 Å². The van der Waals surface area contributed by atoms with Crippen LogP contribution < -0.4 is 5.32 Å². The number of hydrogen-bond donors (Lipinski definition) is 2. The number of aromatic carboxylic acids is 1. The largest absolute Gasteiger partial charge is 0.478 e. The van der Waals surface area contributed by atoms with Gasteiger partial charge in [0.2, 0.25) is 5.91 Å². The van der Waals surface area contributed by atoms with E-state index in [9.17, 15) is 22.8 Å². The molecule has 110 valence electrons. The molecule has 2 N–H and O–H groups in total. The highest BCUT2D eigenvalue weighted by molar-refractivity contribution is 5.91. The van der Waals surface area contributed by atoms with Gasteiger partial charge < -0.3 is 15.2 Å². The second-order valence-electron chi connectivity index (χ2n) is 3.70. The molecule has 1 heterocycles. The van der Waals surface area contributed by atoms with E-state index in [1.165, 1.54) is 12.1 Å². The monoisotopic (exact) mass is 292 g/mol. The molecule has 20 heavy (non-hydrogen) atoms. The van der Waals surface area contributed by atoms with Gasteiger partial charge in [0.05, 0.1) is 18.6 Å². The van der Waals surface area contributed by atoms with Crippen molar-refractivity contribution in [1.82, 2.24) is 4.98 Å². The predicted octanol–water partition coefficient (Wildman–Crippen LogP) is 1.69. The number of carboxylic acids is 1. The van der Waals surface area contributed by atoms with Gasteiger partial charge in [-0.05, 0) is 12.1 Å². The molecule has 1 aromatic rings. The first kappa shape index (κ1) is 15.9. The number of aromatic nitrogens is 1. The molecule has 9 heteroatoms. The first-order valence-electron chi connectivity index (χ1n) is 5.41. The van der Waals surface area contributed by atoms with E-state index >= 15 is 0 Å². The average Bonchev–Trinajstić information content (AvgIpc) is 2.34. The molecule has 0 saturated carbocycles. The van der Waals surface area contributed by atoms with Crippen molar-refractivity contribution >= 4 is 17.7 Å². The van der Waals surface area contributed by atoms with Crippen LogP contribution in [0.25, 0.3) is 0 Å². The van der Waals surface area contributed by atoms with Crippen molar-refractivity contribution in [3.8, 4) is 0 Å². The molecule has 0 aliphatic rings. The zero-order chi connectivity index (χ0) is 15.2. The summed E-state index contributed by atoms with van der Waals surface area (Å²) in [5, 5.41) is 10.9. The number of alkyl halides is 3. The summed E-state index contributed by atoms with van der Waals surface area (Å²) in [6.07, 6.45) is -3.64. The third-order valence-corrected chi connectivity index (χ3v) is 2.02. The van der Waals surface area contributed by atoms with Gasteiger partial charge in [0.15, 0.2) is 0 Å². The van der Waals surface area contributed by atoms with Crippen LogP contribution in [0.1, 0.15) is 16.8 Å². The number of pyridine rings is 1. The second kappa shape index (κ2) is 6.85. The molecule has 0 aliphatic heterocycles.